The van der Waals surface area contributed by atoms with Crippen molar-refractivity contribution < 1.29 is 9.59 Å². The highest BCUT2D eigenvalue weighted by Gasteiger charge is 2.27. The van der Waals surface area contributed by atoms with Gasteiger partial charge in [-0.15, -0.1) is 0 Å². The molecule has 0 N–H and O–H groups in total. The summed E-state index contributed by atoms with van der Waals surface area (Å²) in [5.74, 6) is -0.194. The SMILES string of the molecule is CC(C)(C#N)CCN1C(=O)CCCC1=O. The Morgan fingerprint density at radius 3 is 2.33 bits per heavy atom. The molecule has 0 bridgehead atoms. The van der Waals surface area contributed by atoms with Gasteiger partial charge < -0.3 is 0 Å². The molecule has 1 aliphatic rings. The van der Waals surface area contributed by atoms with E-state index in [1.807, 2.05) is 13.8 Å². The van der Waals surface area contributed by atoms with Crippen LogP contribution < -0.4 is 0 Å². The molecule has 2 amide bonds. The van der Waals surface area contributed by atoms with E-state index >= 15 is 0 Å². The van der Waals surface area contributed by atoms with Gasteiger partial charge >= 0.3 is 0 Å². The predicted octanol–water partition coefficient (Wildman–Crippen LogP) is 1.47. The highest BCUT2D eigenvalue weighted by atomic mass is 16.2. The summed E-state index contributed by atoms with van der Waals surface area (Å²) in [6.45, 7) is 4.00. The molecule has 0 aromatic carbocycles. The maximum Gasteiger partial charge on any atom is 0.229 e. The largest absolute Gasteiger partial charge is 0.283 e. The lowest BCUT2D eigenvalue weighted by atomic mass is 9.91. The fourth-order valence-electron chi connectivity index (χ4n) is 1.50. The number of carbonyl (C=O) groups is 2. The molecule has 1 fully saturated rings. The topological polar surface area (TPSA) is 61.2 Å². The number of nitrogens with zero attached hydrogens (tertiary/aromatic N) is 2. The first-order valence-corrected chi connectivity index (χ1v) is 5.21. The van der Waals surface area contributed by atoms with Crippen LogP contribution in [0.4, 0.5) is 0 Å². The van der Waals surface area contributed by atoms with Gasteiger partial charge in [0.2, 0.25) is 11.8 Å². The molecule has 0 aromatic rings. The first-order valence-electron chi connectivity index (χ1n) is 5.21. The van der Waals surface area contributed by atoms with Crippen molar-refractivity contribution in [1.29, 1.82) is 5.26 Å². The van der Waals surface area contributed by atoms with Gasteiger partial charge in [-0.2, -0.15) is 5.26 Å². The Labute approximate surface area is 89.9 Å². The lowest BCUT2D eigenvalue weighted by Crippen LogP contribution is -2.41. The Balaban J connectivity index is 2.54. The van der Waals surface area contributed by atoms with Crippen LogP contribution in [0, 0.1) is 16.7 Å². The molecular weight excluding hydrogens is 192 g/mol. The summed E-state index contributed by atoms with van der Waals surface area (Å²) in [6, 6.07) is 2.16. The second-order valence-electron chi connectivity index (χ2n) is 4.54. The van der Waals surface area contributed by atoms with E-state index < -0.39 is 5.41 Å². The van der Waals surface area contributed by atoms with Crippen LogP contribution in [0.2, 0.25) is 0 Å². The first-order chi connectivity index (χ1) is 6.96. The van der Waals surface area contributed by atoms with Crippen molar-refractivity contribution in [2.24, 2.45) is 5.41 Å². The molecule has 0 saturated carbocycles. The summed E-state index contributed by atoms with van der Waals surface area (Å²) in [7, 11) is 0. The van der Waals surface area contributed by atoms with E-state index in [-0.39, 0.29) is 11.8 Å². The molecule has 1 aliphatic heterocycles. The van der Waals surface area contributed by atoms with E-state index in [4.69, 9.17) is 5.26 Å². The van der Waals surface area contributed by atoms with E-state index in [1.165, 1.54) is 4.90 Å². The van der Waals surface area contributed by atoms with E-state index in [0.29, 0.717) is 32.2 Å². The fourth-order valence-corrected chi connectivity index (χ4v) is 1.50. The van der Waals surface area contributed by atoms with Crippen LogP contribution in [0.15, 0.2) is 0 Å². The minimum atomic E-state index is -0.474. The van der Waals surface area contributed by atoms with Crippen molar-refractivity contribution in [2.45, 2.75) is 39.5 Å². The lowest BCUT2D eigenvalue weighted by molar-refractivity contribution is -0.148. The molecule has 0 unspecified atom stereocenters. The normalized spacial score (nSPS) is 17.8. The molecule has 1 rings (SSSR count). The van der Waals surface area contributed by atoms with Gasteiger partial charge in [-0.25, -0.2) is 0 Å². The number of nitriles is 1. The Morgan fingerprint density at radius 2 is 1.87 bits per heavy atom. The molecule has 82 valence electrons. The minimum Gasteiger partial charge on any atom is -0.283 e. The van der Waals surface area contributed by atoms with Gasteiger partial charge in [0.1, 0.15) is 0 Å². The number of hydrogen-bond donors (Lipinski definition) is 0. The molecule has 15 heavy (non-hydrogen) atoms. The van der Waals surface area contributed by atoms with Gasteiger partial charge in [-0.05, 0) is 26.7 Å². The monoisotopic (exact) mass is 208 g/mol. The van der Waals surface area contributed by atoms with Gasteiger partial charge in [0.25, 0.3) is 0 Å². The highest BCUT2D eigenvalue weighted by molar-refractivity contribution is 5.97. The van der Waals surface area contributed by atoms with Crippen molar-refractivity contribution in [2.75, 3.05) is 6.54 Å². The number of carbonyl (C=O) groups excluding carboxylic acids is 2. The van der Waals surface area contributed by atoms with E-state index in [0.717, 1.165) is 0 Å². The van der Waals surface area contributed by atoms with Crippen LogP contribution >= 0.6 is 0 Å². The van der Waals surface area contributed by atoms with Crippen LogP contribution in [0.3, 0.4) is 0 Å². The zero-order valence-corrected chi connectivity index (χ0v) is 9.25. The van der Waals surface area contributed by atoms with Gasteiger partial charge in [0, 0.05) is 19.4 Å². The highest BCUT2D eigenvalue weighted by Crippen LogP contribution is 2.21. The maximum absolute atomic E-state index is 11.4. The zero-order valence-electron chi connectivity index (χ0n) is 9.25. The van der Waals surface area contributed by atoms with Crippen molar-refractivity contribution >= 4 is 11.8 Å². The third-order valence-corrected chi connectivity index (χ3v) is 2.65. The Morgan fingerprint density at radius 1 is 1.33 bits per heavy atom. The predicted molar refractivity (Wildman–Crippen MR) is 54.6 cm³/mol. The molecule has 0 aliphatic carbocycles. The van der Waals surface area contributed by atoms with Crippen LogP contribution in [0.1, 0.15) is 39.5 Å². The number of hydrogen-bond acceptors (Lipinski definition) is 3. The molecule has 1 heterocycles. The quantitative estimate of drug-likeness (QED) is 0.660. The van der Waals surface area contributed by atoms with Crippen LogP contribution in [-0.4, -0.2) is 23.3 Å². The zero-order chi connectivity index (χ0) is 11.5. The smallest absolute Gasteiger partial charge is 0.229 e. The molecule has 4 heteroatoms. The van der Waals surface area contributed by atoms with Crippen LogP contribution in [0.5, 0.6) is 0 Å². The lowest BCUT2D eigenvalue weighted by Gasteiger charge is -2.27. The molecular formula is C11H16N2O2. The molecule has 1 saturated heterocycles. The summed E-state index contributed by atoms with van der Waals surface area (Å²) in [4.78, 5) is 24.2. The summed E-state index contributed by atoms with van der Waals surface area (Å²) in [5, 5.41) is 8.82. The fraction of sp³-hybridized carbons (Fsp3) is 0.727. The van der Waals surface area contributed by atoms with Crippen molar-refractivity contribution in [3.8, 4) is 6.07 Å². The summed E-state index contributed by atoms with van der Waals surface area (Å²) in [5.41, 5.74) is -0.474. The van der Waals surface area contributed by atoms with Gasteiger partial charge in [-0.1, -0.05) is 0 Å². The Bertz CT molecular complexity index is 299. The third-order valence-electron chi connectivity index (χ3n) is 2.65. The second-order valence-corrected chi connectivity index (χ2v) is 4.54. The number of imide groups is 1. The summed E-state index contributed by atoms with van der Waals surface area (Å²) < 4.78 is 0. The van der Waals surface area contributed by atoms with E-state index in [2.05, 4.69) is 6.07 Å². The molecule has 0 radical (unpaired) electrons. The van der Waals surface area contributed by atoms with Crippen LogP contribution in [0.25, 0.3) is 0 Å². The summed E-state index contributed by atoms with van der Waals surface area (Å²) >= 11 is 0. The number of rotatable bonds is 3. The average molecular weight is 208 g/mol. The van der Waals surface area contributed by atoms with Crippen molar-refractivity contribution in [1.82, 2.24) is 4.90 Å². The minimum absolute atomic E-state index is 0.0972. The number of likely N-dealkylation sites (tertiary alicyclic amines) is 1. The third kappa shape index (κ3) is 3.05. The Hall–Kier alpha value is -1.37. The maximum atomic E-state index is 11.4. The first kappa shape index (κ1) is 11.7. The van der Waals surface area contributed by atoms with Crippen molar-refractivity contribution in [3.05, 3.63) is 0 Å². The molecule has 0 atom stereocenters. The molecule has 0 spiro atoms. The van der Waals surface area contributed by atoms with Gasteiger partial charge in [0.05, 0.1) is 11.5 Å². The Kier molecular flexibility index (Phi) is 3.46. The standard InChI is InChI=1S/C11H16N2O2/c1-11(2,8-12)6-7-13-9(14)4-3-5-10(13)15/h3-7H2,1-2H3. The number of amides is 2. The average Bonchev–Trinajstić information content (AvgIpc) is 2.17. The van der Waals surface area contributed by atoms with Gasteiger partial charge in [0.15, 0.2) is 0 Å². The second kappa shape index (κ2) is 4.43. The van der Waals surface area contributed by atoms with Gasteiger partial charge in [-0.3, -0.25) is 14.5 Å². The molecule has 4 nitrogen and oxygen atoms in total. The molecule has 0 aromatic heterocycles. The summed E-state index contributed by atoms with van der Waals surface area (Å²) in [6.07, 6.45) is 2.12. The van der Waals surface area contributed by atoms with E-state index in [1.54, 1.807) is 0 Å². The van der Waals surface area contributed by atoms with Crippen molar-refractivity contribution in [3.63, 3.8) is 0 Å². The van der Waals surface area contributed by atoms with Crippen LogP contribution in [-0.2, 0) is 9.59 Å². The number of piperidine rings is 1. The van der Waals surface area contributed by atoms with E-state index in [9.17, 15) is 9.59 Å².